The molecule has 1 aliphatic heterocycles. The van der Waals surface area contributed by atoms with Crippen molar-refractivity contribution in [2.45, 2.75) is 57.7 Å². The molecule has 1 atom stereocenters. The predicted octanol–water partition coefficient (Wildman–Crippen LogP) is 4.00. The topological polar surface area (TPSA) is 37.0 Å². The first-order valence-corrected chi connectivity index (χ1v) is 8.18. The smallest absolute Gasteiger partial charge is 0.0692 e. The minimum Gasteiger partial charge on any atom is -0.375 e. The summed E-state index contributed by atoms with van der Waals surface area (Å²) in [4.78, 5) is 3.35. The van der Waals surface area contributed by atoms with Crippen LogP contribution in [0, 0.1) is 0 Å². The second kappa shape index (κ2) is 6.20. The lowest BCUT2D eigenvalue weighted by atomic mass is 9.86. The van der Waals surface area contributed by atoms with Gasteiger partial charge in [0.2, 0.25) is 0 Å². The Hall–Kier alpha value is -1.32. The molecule has 1 saturated heterocycles. The number of rotatable bonds is 5. The Balaban J connectivity index is 1.66. The Morgan fingerprint density at radius 3 is 2.95 bits per heavy atom. The Labute approximate surface area is 127 Å². The number of benzene rings is 1. The van der Waals surface area contributed by atoms with Gasteiger partial charge in [-0.25, -0.2) is 0 Å². The van der Waals surface area contributed by atoms with E-state index in [-0.39, 0.29) is 5.60 Å². The molecule has 0 saturated carbocycles. The normalized spacial score (nSPS) is 21.7. The largest absolute Gasteiger partial charge is 0.375 e. The van der Waals surface area contributed by atoms with E-state index in [2.05, 4.69) is 48.4 Å². The predicted molar refractivity (Wildman–Crippen MR) is 87.4 cm³/mol. The molecule has 1 aromatic heterocycles. The SMILES string of the molecule is CCC1(CC)CC(NCc2cccc3cc[nH]c23)CCO1. The van der Waals surface area contributed by atoms with Gasteiger partial charge in [-0.15, -0.1) is 0 Å². The molecule has 21 heavy (non-hydrogen) atoms. The van der Waals surface area contributed by atoms with Gasteiger partial charge >= 0.3 is 0 Å². The molecule has 3 rings (SSSR count). The van der Waals surface area contributed by atoms with Crippen molar-refractivity contribution >= 4 is 10.9 Å². The van der Waals surface area contributed by atoms with Gasteiger partial charge in [-0.05, 0) is 42.7 Å². The number of H-pyrrole nitrogens is 1. The summed E-state index contributed by atoms with van der Waals surface area (Å²) in [7, 11) is 0. The molecule has 1 unspecified atom stereocenters. The van der Waals surface area contributed by atoms with Crippen LogP contribution in [0.1, 0.15) is 45.1 Å². The van der Waals surface area contributed by atoms with Crippen LogP contribution in [0.25, 0.3) is 10.9 Å². The summed E-state index contributed by atoms with van der Waals surface area (Å²) in [5, 5.41) is 5.03. The molecule has 1 fully saturated rings. The minimum atomic E-state index is 0.0916. The van der Waals surface area contributed by atoms with Crippen LogP contribution in [0.15, 0.2) is 30.5 Å². The van der Waals surface area contributed by atoms with Gasteiger partial charge in [-0.2, -0.15) is 0 Å². The maximum Gasteiger partial charge on any atom is 0.0692 e. The van der Waals surface area contributed by atoms with Gasteiger partial charge in [0.15, 0.2) is 0 Å². The van der Waals surface area contributed by atoms with E-state index in [1.165, 1.54) is 16.5 Å². The van der Waals surface area contributed by atoms with Crippen LogP contribution < -0.4 is 5.32 Å². The first-order chi connectivity index (χ1) is 10.3. The zero-order chi connectivity index (χ0) is 14.7. The maximum absolute atomic E-state index is 6.06. The lowest BCUT2D eigenvalue weighted by Gasteiger charge is -2.40. The molecular weight excluding hydrogens is 260 g/mol. The molecular formula is C18H26N2O. The second-order valence-corrected chi connectivity index (χ2v) is 6.17. The summed E-state index contributed by atoms with van der Waals surface area (Å²) in [6, 6.07) is 9.19. The van der Waals surface area contributed by atoms with Crippen LogP contribution in [-0.2, 0) is 11.3 Å². The second-order valence-electron chi connectivity index (χ2n) is 6.17. The van der Waals surface area contributed by atoms with E-state index >= 15 is 0 Å². The molecule has 3 heteroatoms. The molecule has 0 spiro atoms. The Morgan fingerprint density at radius 1 is 1.29 bits per heavy atom. The highest BCUT2D eigenvalue weighted by atomic mass is 16.5. The van der Waals surface area contributed by atoms with Gasteiger partial charge < -0.3 is 15.0 Å². The highest BCUT2D eigenvalue weighted by Crippen LogP contribution is 2.31. The number of nitrogens with one attached hydrogen (secondary N) is 2. The van der Waals surface area contributed by atoms with Gasteiger partial charge in [-0.1, -0.05) is 32.0 Å². The third kappa shape index (κ3) is 2.99. The molecule has 3 nitrogen and oxygen atoms in total. The molecule has 2 N–H and O–H groups in total. The van der Waals surface area contributed by atoms with Crippen molar-refractivity contribution in [2.24, 2.45) is 0 Å². The van der Waals surface area contributed by atoms with Gasteiger partial charge in [0.1, 0.15) is 0 Å². The number of aromatic nitrogens is 1. The van der Waals surface area contributed by atoms with E-state index in [9.17, 15) is 0 Å². The fourth-order valence-electron chi connectivity index (χ4n) is 3.50. The van der Waals surface area contributed by atoms with Gasteiger partial charge in [0.25, 0.3) is 0 Å². The standard InChI is InChI=1S/C18H26N2O/c1-3-18(4-2)12-16(9-11-21-18)20-13-15-7-5-6-14-8-10-19-17(14)15/h5-8,10,16,19-20H,3-4,9,11-13H2,1-2H3. The van der Waals surface area contributed by atoms with Crippen molar-refractivity contribution in [1.29, 1.82) is 0 Å². The first kappa shape index (κ1) is 14.6. The molecule has 0 bridgehead atoms. The highest BCUT2D eigenvalue weighted by Gasteiger charge is 2.34. The van der Waals surface area contributed by atoms with E-state index in [4.69, 9.17) is 4.74 Å². The van der Waals surface area contributed by atoms with E-state index in [1.54, 1.807) is 0 Å². The number of para-hydroxylation sites is 1. The van der Waals surface area contributed by atoms with Crippen LogP contribution in [0.5, 0.6) is 0 Å². The van der Waals surface area contributed by atoms with Crippen LogP contribution in [0.4, 0.5) is 0 Å². The van der Waals surface area contributed by atoms with E-state index < -0.39 is 0 Å². The van der Waals surface area contributed by atoms with Gasteiger partial charge in [-0.3, -0.25) is 0 Å². The van der Waals surface area contributed by atoms with Crippen LogP contribution in [0.2, 0.25) is 0 Å². The van der Waals surface area contributed by atoms with Crippen molar-refractivity contribution in [2.75, 3.05) is 6.61 Å². The quantitative estimate of drug-likeness (QED) is 0.872. The molecule has 2 heterocycles. The zero-order valence-corrected chi connectivity index (χ0v) is 13.1. The number of ether oxygens (including phenoxy) is 1. The Kier molecular flexibility index (Phi) is 4.32. The summed E-state index contributed by atoms with van der Waals surface area (Å²) < 4.78 is 6.06. The first-order valence-electron chi connectivity index (χ1n) is 8.18. The molecule has 1 aromatic carbocycles. The third-order valence-corrected chi connectivity index (χ3v) is 5.04. The lowest BCUT2D eigenvalue weighted by molar-refractivity contribution is -0.0932. The Bertz CT molecular complexity index is 586. The molecule has 114 valence electrons. The maximum atomic E-state index is 6.06. The van der Waals surface area contributed by atoms with Crippen molar-refractivity contribution < 1.29 is 4.74 Å². The average molecular weight is 286 g/mol. The highest BCUT2D eigenvalue weighted by molar-refractivity contribution is 5.82. The number of fused-ring (bicyclic) bond motifs is 1. The van der Waals surface area contributed by atoms with E-state index in [0.29, 0.717) is 6.04 Å². The summed E-state index contributed by atoms with van der Waals surface area (Å²) >= 11 is 0. The number of aromatic amines is 1. The summed E-state index contributed by atoms with van der Waals surface area (Å²) in [5.41, 5.74) is 2.70. The fourth-order valence-corrected chi connectivity index (χ4v) is 3.50. The van der Waals surface area contributed by atoms with Crippen molar-refractivity contribution in [3.05, 3.63) is 36.0 Å². The van der Waals surface area contributed by atoms with Gasteiger partial charge in [0.05, 0.1) is 5.60 Å². The Morgan fingerprint density at radius 2 is 2.14 bits per heavy atom. The monoisotopic (exact) mass is 286 g/mol. The van der Waals surface area contributed by atoms with Crippen LogP contribution >= 0.6 is 0 Å². The minimum absolute atomic E-state index is 0.0916. The zero-order valence-electron chi connectivity index (χ0n) is 13.1. The van der Waals surface area contributed by atoms with E-state index in [0.717, 1.165) is 38.8 Å². The lowest BCUT2D eigenvalue weighted by Crippen LogP contribution is -2.46. The van der Waals surface area contributed by atoms with Crippen LogP contribution in [0.3, 0.4) is 0 Å². The molecule has 1 aliphatic rings. The average Bonchev–Trinajstić information content (AvgIpc) is 3.02. The van der Waals surface area contributed by atoms with Crippen molar-refractivity contribution in [3.8, 4) is 0 Å². The molecule has 0 aliphatic carbocycles. The summed E-state index contributed by atoms with van der Waals surface area (Å²) in [6.07, 6.45) is 6.47. The molecule has 0 radical (unpaired) electrons. The fraction of sp³-hybridized carbons (Fsp3) is 0.556. The van der Waals surface area contributed by atoms with Gasteiger partial charge in [0, 0.05) is 30.9 Å². The van der Waals surface area contributed by atoms with Crippen molar-refractivity contribution in [1.82, 2.24) is 10.3 Å². The summed E-state index contributed by atoms with van der Waals surface area (Å²) in [6.45, 7) is 6.29. The number of hydrogen-bond donors (Lipinski definition) is 2. The molecule has 2 aromatic rings. The van der Waals surface area contributed by atoms with E-state index in [1.807, 2.05) is 6.20 Å². The third-order valence-electron chi connectivity index (χ3n) is 5.04. The molecule has 0 amide bonds. The number of hydrogen-bond acceptors (Lipinski definition) is 2. The summed E-state index contributed by atoms with van der Waals surface area (Å²) in [5.74, 6) is 0. The van der Waals surface area contributed by atoms with Crippen molar-refractivity contribution in [3.63, 3.8) is 0 Å². The van der Waals surface area contributed by atoms with Crippen LogP contribution in [-0.4, -0.2) is 23.2 Å².